The summed E-state index contributed by atoms with van der Waals surface area (Å²) in [6.07, 6.45) is 6.69. The highest BCUT2D eigenvalue weighted by Crippen LogP contribution is 2.31. The first-order chi connectivity index (χ1) is 9.86. The number of sulfone groups is 1. The number of rotatable bonds is 7. The smallest absolute Gasteiger partial charge is 0.265 e. The minimum Gasteiger partial charge on any atom is -0.335 e. The molecule has 1 aliphatic carbocycles. The van der Waals surface area contributed by atoms with Gasteiger partial charge in [0, 0.05) is 18.8 Å². The molecule has 1 aliphatic rings. The van der Waals surface area contributed by atoms with Gasteiger partial charge in [-0.3, -0.25) is 4.79 Å². The van der Waals surface area contributed by atoms with E-state index in [9.17, 15) is 13.2 Å². The summed E-state index contributed by atoms with van der Waals surface area (Å²) >= 11 is 0.973. The van der Waals surface area contributed by atoms with Gasteiger partial charge >= 0.3 is 0 Å². The van der Waals surface area contributed by atoms with Crippen LogP contribution >= 0.6 is 11.3 Å². The lowest BCUT2D eigenvalue weighted by Gasteiger charge is -2.26. The Hall–Kier alpha value is -0.950. The zero-order valence-corrected chi connectivity index (χ0v) is 14.3. The van der Waals surface area contributed by atoms with E-state index in [1.165, 1.54) is 6.20 Å². The lowest BCUT2D eigenvalue weighted by atomic mass is 10.0. The zero-order chi connectivity index (χ0) is 15.6. The van der Waals surface area contributed by atoms with Crippen LogP contribution in [0.25, 0.3) is 0 Å². The summed E-state index contributed by atoms with van der Waals surface area (Å²) in [5.41, 5.74) is 0. The fourth-order valence-electron chi connectivity index (χ4n) is 2.28. The molecular formula is C14H22N2O3S2. The van der Waals surface area contributed by atoms with Gasteiger partial charge < -0.3 is 4.90 Å². The Kier molecular flexibility index (Phi) is 5.03. The third kappa shape index (κ3) is 4.03. The largest absolute Gasteiger partial charge is 0.335 e. The molecule has 1 amide bonds. The summed E-state index contributed by atoms with van der Waals surface area (Å²) in [6.45, 7) is 5.03. The van der Waals surface area contributed by atoms with Crippen molar-refractivity contribution in [3.63, 3.8) is 0 Å². The average Bonchev–Trinajstić information content (AvgIpc) is 3.13. The monoisotopic (exact) mass is 330 g/mol. The zero-order valence-electron chi connectivity index (χ0n) is 12.7. The Bertz CT molecular complexity index is 601. The van der Waals surface area contributed by atoms with Crippen LogP contribution in [0.3, 0.4) is 0 Å². The second kappa shape index (κ2) is 6.44. The number of aromatic nitrogens is 1. The van der Waals surface area contributed by atoms with Gasteiger partial charge in [0.2, 0.25) is 14.2 Å². The number of hydrogen-bond acceptors (Lipinski definition) is 5. The summed E-state index contributed by atoms with van der Waals surface area (Å²) in [4.78, 5) is 18.8. The maximum atomic E-state index is 12.6. The highest BCUT2D eigenvalue weighted by molar-refractivity contribution is 7.92. The quantitative estimate of drug-likeness (QED) is 0.770. The van der Waals surface area contributed by atoms with Crippen LogP contribution in [0.5, 0.6) is 0 Å². The molecule has 0 bridgehead atoms. The van der Waals surface area contributed by atoms with E-state index in [1.54, 1.807) is 0 Å². The number of hydrogen-bond donors (Lipinski definition) is 0. The Morgan fingerprint density at radius 2 is 2.05 bits per heavy atom. The lowest BCUT2D eigenvalue weighted by Crippen LogP contribution is -2.36. The molecule has 0 aliphatic heterocycles. The van der Waals surface area contributed by atoms with Crippen LogP contribution in [-0.2, 0) is 9.84 Å². The molecule has 1 saturated carbocycles. The first-order valence-electron chi connectivity index (χ1n) is 7.33. The molecule has 1 fully saturated rings. The summed E-state index contributed by atoms with van der Waals surface area (Å²) in [7, 11) is -3.34. The van der Waals surface area contributed by atoms with Crippen molar-refractivity contribution in [2.75, 3.05) is 12.8 Å². The van der Waals surface area contributed by atoms with E-state index in [4.69, 9.17) is 0 Å². The van der Waals surface area contributed by atoms with Gasteiger partial charge in [0.05, 0.1) is 6.20 Å². The van der Waals surface area contributed by atoms with Crippen molar-refractivity contribution in [2.45, 2.75) is 49.9 Å². The molecule has 118 valence electrons. The average molecular weight is 330 g/mol. The molecule has 0 saturated heterocycles. The Labute approximate surface area is 130 Å². The second-order valence-electron chi connectivity index (χ2n) is 5.63. The van der Waals surface area contributed by atoms with Crippen molar-refractivity contribution >= 4 is 27.1 Å². The maximum absolute atomic E-state index is 12.6. The molecule has 1 aromatic rings. The van der Waals surface area contributed by atoms with Crippen LogP contribution in [0, 0.1) is 5.92 Å². The fourth-order valence-corrected chi connectivity index (χ4v) is 4.00. The van der Waals surface area contributed by atoms with E-state index < -0.39 is 9.84 Å². The van der Waals surface area contributed by atoms with Crippen molar-refractivity contribution in [2.24, 2.45) is 5.92 Å². The molecule has 0 N–H and O–H groups in total. The highest BCUT2D eigenvalue weighted by atomic mass is 32.2. The standard InChI is InChI=1S/C14H22N2O3S2/c1-4-10(5-2)9-16(11-6-7-11)13(17)12-8-15-14(20-12)21(3,18)19/h8,10-11H,4-7,9H2,1-3H3. The molecule has 1 heterocycles. The molecule has 0 spiro atoms. The van der Waals surface area contributed by atoms with Crippen LogP contribution in [0.15, 0.2) is 10.5 Å². The normalized spacial score (nSPS) is 15.4. The Morgan fingerprint density at radius 1 is 1.43 bits per heavy atom. The van der Waals surface area contributed by atoms with Crippen LogP contribution in [0.4, 0.5) is 0 Å². The molecule has 21 heavy (non-hydrogen) atoms. The molecule has 5 nitrogen and oxygen atoms in total. The number of amides is 1. The number of thiazole rings is 1. The van der Waals surface area contributed by atoms with Crippen molar-refractivity contribution in [1.82, 2.24) is 9.88 Å². The topological polar surface area (TPSA) is 67.3 Å². The summed E-state index contributed by atoms with van der Waals surface area (Å²) in [5, 5.41) is 0. The maximum Gasteiger partial charge on any atom is 0.265 e. The molecule has 0 unspecified atom stereocenters. The van der Waals surface area contributed by atoms with Crippen LogP contribution in [0.2, 0.25) is 0 Å². The third-order valence-electron chi connectivity index (χ3n) is 3.87. The predicted molar refractivity (Wildman–Crippen MR) is 83.4 cm³/mol. The van der Waals surface area contributed by atoms with Gasteiger partial charge in [0.1, 0.15) is 4.88 Å². The van der Waals surface area contributed by atoms with Crippen LogP contribution < -0.4 is 0 Å². The summed E-state index contributed by atoms with van der Waals surface area (Å²) < 4.78 is 23.0. The first-order valence-corrected chi connectivity index (χ1v) is 10.0. The predicted octanol–water partition coefficient (Wildman–Crippen LogP) is 2.59. The Balaban J connectivity index is 2.17. The first kappa shape index (κ1) is 16.4. The van der Waals surface area contributed by atoms with Gasteiger partial charge in [0.25, 0.3) is 5.91 Å². The van der Waals surface area contributed by atoms with E-state index in [-0.39, 0.29) is 10.2 Å². The molecular weight excluding hydrogens is 308 g/mol. The third-order valence-corrected chi connectivity index (χ3v) is 6.55. The SMILES string of the molecule is CCC(CC)CN(C(=O)c1cnc(S(C)(=O)=O)s1)C1CC1. The molecule has 0 aromatic carbocycles. The molecule has 1 aromatic heterocycles. The Morgan fingerprint density at radius 3 is 2.48 bits per heavy atom. The molecule has 7 heteroatoms. The van der Waals surface area contributed by atoms with E-state index in [2.05, 4.69) is 18.8 Å². The van der Waals surface area contributed by atoms with E-state index in [0.29, 0.717) is 16.8 Å². The van der Waals surface area contributed by atoms with Gasteiger partial charge in [-0.05, 0) is 18.8 Å². The molecule has 0 atom stereocenters. The van der Waals surface area contributed by atoms with Gasteiger partial charge in [-0.25, -0.2) is 13.4 Å². The van der Waals surface area contributed by atoms with Crippen LogP contribution in [-0.4, -0.2) is 43.1 Å². The number of carbonyl (C=O) groups excluding carboxylic acids is 1. The summed E-state index contributed by atoms with van der Waals surface area (Å²) in [5.74, 6) is 0.425. The van der Waals surface area contributed by atoms with Gasteiger partial charge in [-0.1, -0.05) is 38.0 Å². The van der Waals surface area contributed by atoms with Crippen LogP contribution in [0.1, 0.15) is 49.2 Å². The number of nitrogens with zero attached hydrogens (tertiary/aromatic N) is 2. The lowest BCUT2D eigenvalue weighted by molar-refractivity contribution is 0.0715. The van der Waals surface area contributed by atoms with E-state index in [0.717, 1.165) is 49.8 Å². The fraction of sp³-hybridized carbons (Fsp3) is 0.714. The second-order valence-corrected chi connectivity index (χ2v) is 8.85. The van der Waals surface area contributed by atoms with E-state index >= 15 is 0 Å². The highest BCUT2D eigenvalue weighted by Gasteiger charge is 2.35. The van der Waals surface area contributed by atoms with Crippen molar-refractivity contribution in [3.05, 3.63) is 11.1 Å². The minimum atomic E-state index is -3.34. The molecule has 0 radical (unpaired) electrons. The van der Waals surface area contributed by atoms with Crippen molar-refractivity contribution in [1.29, 1.82) is 0 Å². The van der Waals surface area contributed by atoms with Gasteiger partial charge in [-0.2, -0.15) is 0 Å². The van der Waals surface area contributed by atoms with E-state index in [1.807, 2.05) is 4.90 Å². The minimum absolute atomic E-state index is 0.0177. The summed E-state index contributed by atoms with van der Waals surface area (Å²) in [6, 6.07) is 0.321. The van der Waals surface area contributed by atoms with Crippen molar-refractivity contribution in [3.8, 4) is 0 Å². The van der Waals surface area contributed by atoms with Crippen molar-refractivity contribution < 1.29 is 13.2 Å². The molecule has 2 rings (SSSR count). The van der Waals surface area contributed by atoms with Gasteiger partial charge in [-0.15, -0.1) is 0 Å². The number of carbonyl (C=O) groups is 1. The van der Waals surface area contributed by atoms with Gasteiger partial charge in [0.15, 0.2) is 0 Å².